The lowest BCUT2D eigenvalue weighted by atomic mass is 9.87. The van der Waals surface area contributed by atoms with E-state index in [0.717, 1.165) is 43.0 Å². The first-order valence-electron chi connectivity index (χ1n) is 7.36. The van der Waals surface area contributed by atoms with E-state index in [-0.39, 0.29) is 11.8 Å². The molecule has 0 saturated heterocycles. The topological polar surface area (TPSA) is 48.7 Å². The number of hydrogen-bond acceptors (Lipinski definition) is 4. The zero-order valence-corrected chi connectivity index (χ0v) is 12.3. The molecular weight excluding hydrogens is 266 g/mol. The van der Waals surface area contributed by atoms with Crippen molar-refractivity contribution in [3.63, 3.8) is 0 Å². The summed E-state index contributed by atoms with van der Waals surface area (Å²) in [4.78, 5) is 2.40. The predicted molar refractivity (Wildman–Crippen MR) is 76.4 cm³/mol. The summed E-state index contributed by atoms with van der Waals surface area (Å²) in [6.45, 7) is 3.77. The van der Waals surface area contributed by atoms with Gasteiger partial charge in [0.25, 0.3) is 0 Å². The second kappa shape index (κ2) is 4.53. The third kappa shape index (κ3) is 1.86. The normalized spacial score (nSPS) is 20.6. The number of benzene rings is 1. The summed E-state index contributed by atoms with van der Waals surface area (Å²) in [6, 6.07) is 6.01. The van der Waals surface area contributed by atoms with E-state index in [1.807, 2.05) is 13.0 Å². The smallest absolute Gasteiger partial charge is 0.124 e. The molecule has 1 aromatic heterocycles. The van der Waals surface area contributed by atoms with Gasteiger partial charge in [0.15, 0.2) is 0 Å². The fourth-order valence-electron chi connectivity index (χ4n) is 3.71. The van der Waals surface area contributed by atoms with Crippen molar-refractivity contribution in [1.29, 1.82) is 0 Å². The zero-order chi connectivity index (χ0) is 14.6. The number of aryl methyl sites for hydroxylation is 1. The first-order chi connectivity index (χ1) is 10.2. The minimum Gasteiger partial charge on any atom is -0.870 e. The largest absolute Gasteiger partial charge is 0.870 e. The first kappa shape index (κ1) is 12.8. The summed E-state index contributed by atoms with van der Waals surface area (Å²) >= 11 is 0. The maximum Gasteiger partial charge on any atom is 0.124 e. The summed E-state index contributed by atoms with van der Waals surface area (Å²) in [6.07, 6.45) is 1.89. The molecule has 4 heteroatoms. The van der Waals surface area contributed by atoms with Crippen LogP contribution in [-0.4, -0.2) is 18.6 Å². The first-order valence-corrected chi connectivity index (χ1v) is 7.36. The van der Waals surface area contributed by atoms with Gasteiger partial charge >= 0.3 is 0 Å². The molecule has 2 aromatic rings. The molecule has 0 unspecified atom stereocenters. The molecule has 4 rings (SSSR count). The quantitative estimate of drug-likeness (QED) is 0.806. The van der Waals surface area contributed by atoms with Crippen LogP contribution in [0.2, 0.25) is 0 Å². The van der Waals surface area contributed by atoms with Crippen LogP contribution in [0, 0.1) is 6.92 Å². The Bertz CT molecular complexity index is 704. The van der Waals surface area contributed by atoms with Crippen LogP contribution in [0.25, 0.3) is 0 Å². The molecule has 3 heterocycles. The molecule has 0 spiro atoms. The molecule has 0 fully saturated rings. The number of rotatable bonds is 1. The molecule has 0 bridgehead atoms. The molecule has 1 aromatic carbocycles. The van der Waals surface area contributed by atoms with Crippen molar-refractivity contribution < 1.29 is 14.3 Å². The lowest BCUT2D eigenvalue weighted by Gasteiger charge is -2.40. The molecular formula is C17H18NO3-. The molecule has 2 aliphatic rings. The number of ether oxygens (including phenoxy) is 1. The van der Waals surface area contributed by atoms with Gasteiger partial charge in [0, 0.05) is 18.7 Å². The lowest BCUT2D eigenvalue weighted by molar-refractivity contribution is -0.270. The Labute approximate surface area is 123 Å². The van der Waals surface area contributed by atoms with Crippen molar-refractivity contribution in [1.82, 2.24) is 4.90 Å². The highest BCUT2D eigenvalue weighted by molar-refractivity contribution is 5.51. The Morgan fingerprint density at radius 3 is 3.00 bits per heavy atom. The lowest BCUT2D eigenvalue weighted by Crippen LogP contribution is -2.39. The minimum absolute atomic E-state index is 0.0266. The third-order valence-electron chi connectivity index (χ3n) is 4.68. The number of hydrogen-bond donors (Lipinski definition) is 0. The van der Waals surface area contributed by atoms with Crippen LogP contribution < -0.4 is 9.84 Å². The molecule has 2 aliphatic heterocycles. The average molecular weight is 284 g/mol. The van der Waals surface area contributed by atoms with Crippen LogP contribution in [0.15, 0.2) is 22.6 Å². The molecule has 0 radical (unpaired) electrons. The summed E-state index contributed by atoms with van der Waals surface area (Å²) in [5.74, 6) is 2.57. The zero-order valence-electron chi connectivity index (χ0n) is 12.3. The van der Waals surface area contributed by atoms with E-state index in [1.165, 1.54) is 11.1 Å². The average Bonchev–Trinajstić information content (AvgIpc) is 2.86. The van der Waals surface area contributed by atoms with E-state index in [2.05, 4.69) is 11.0 Å². The van der Waals surface area contributed by atoms with Gasteiger partial charge in [0.1, 0.15) is 17.3 Å². The Hall–Kier alpha value is -1.94. The van der Waals surface area contributed by atoms with Crippen LogP contribution >= 0.6 is 0 Å². The van der Waals surface area contributed by atoms with Crippen LogP contribution in [0.3, 0.4) is 0 Å². The van der Waals surface area contributed by atoms with Gasteiger partial charge in [-0.1, -0.05) is 17.9 Å². The van der Waals surface area contributed by atoms with Gasteiger partial charge in [-0.15, -0.1) is 0 Å². The van der Waals surface area contributed by atoms with Gasteiger partial charge < -0.3 is 14.3 Å². The highest BCUT2D eigenvalue weighted by Crippen LogP contribution is 2.43. The van der Waals surface area contributed by atoms with E-state index in [4.69, 9.17) is 9.15 Å². The number of methoxy groups -OCH3 is 1. The van der Waals surface area contributed by atoms with Crippen LogP contribution in [0.1, 0.15) is 34.3 Å². The third-order valence-corrected chi connectivity index (χ3v) is 4.68. The Morgan fingerprint density at radius 2 is 2.19 bits per heavy atom. The summed E-state index contributed by atoms with van der Waals surface area (Å²) in [7, 11) is 1.58. The highest BCUT2D eigenvalue weighted by Gasteiger charge is 2.35. The monoisotopic (exact) mass is 284 g/mol. The van der Waals surface area contributed by atoms with Crippen molar-refractivity contribution in [2.75, 3.05) is 13.7 Å². The highest BCUT2D eigenvalue weighted by atomic mass is 16.5. The van der Waals surface area contributed by atoms with Gasteiger partial charge in [-0.25, -0.2) is 0 Å². The summed E-state index contributed by atoms with van der Waals surface area (Å²) < 4.78 is 11.3. The Kier molecular flexibility index (Phi) is 2.76. The summed E-state index contributed by atoms with van der Waals surface area (Å²) in [5, 5.41) is 11.9. The molecule has 1 atom stereocenters. The van der Waals surface area contributed by atoms with E-state index >= 15 is 0 Å². The van der Waals surface area contributed by atoms with Gasteiger partial charge in [-0.05, 0) is 37.0 Å². The van der Waals surface area contributed by atoms with Crippen LogP contribution in [-0.2, 0) is 19.4 Å². The fourth-order valence-corrected chi connectivity index (χ4v) is 3.71. The molecule has 0 N–H and O–H groups in total. The van der Waals surface area contributed by atoms with Gasteiger partial charge in [0.2, 0.25) is 0 Å². The molecule has 110 valence electrons. The van der Waals surface area contributed by atoms with Gasteiger partial charge in [-0.2, -0.15) is 0 Å². The molecule has 4 nitrogen and oxygen atoms in total. The van der Waals surface area contributed by atoms with Crippen molar-refractivity contribution in [3.8, 4) is 11.5 Å². The second-order valence-electron chi connectivity index (χ2n) is 5.92. The van der Waals surface area contributed by atoms with Gasteiger partial charge in [0.05, 0.1) is 13.2 Å². The number of fused-ring (bicyclic) bond motifs is 4. The standard InChI is InChI=1S/C17H19NO3/c1-10-7-12-5-6-18-9-13-11(8-14(18)16(12)21-10)3-4-15(19)17(13)20-2/h3-4,7,14,19H,5-6,8-9H2,1-2H3/p-1/t14-/m0/s1. The molecule has 0 saturated carbocycles. The Balaban J connectivity index is 1.78. The fraction of sp³-hybridized carbons (Fsp3) is 0.412. The minimum atomic E-state index is -0.0266. The predicted octanol–water partition coefficient (Wildman–Crippen LogP) is 2.33. The van der Waals surface area contributed by atoms with Gasteiger partial charge in [-0.3, -0.25) is 4.90 Å². The van der Waals surface area contributed by atoms with E-state index in [1.54, 1.807) is 13.2 Å². The molecule has 0 amide bonds. The Morgan fingerprint density at radius 1 is 1.33 bits per heavy atom. The van der Waals surface area contributed by atoms with E-state index < -0.39 is 0 Å². The molecule has 21 heavy (non-hydrogen) atoms. The number of nitrogens with zero attached hydrogens (tertiary/aromatic N) is 1. The SMILES string of the molecule is COc1c([O-])ccc2c1CN1CCc3cc(C)oc3[C@@H]1C2. The second-order valence-corrected chi connectivity index (χ2v) is 5.92. The van der Waals surface area contributed by atoms with Crippen molar-refractivity contribution >= 4 is 0 Å². The molecule has 0 aliphatic carbocycles. The van der Waals surface area contributed by atoms with Crippen molar-refractivity contribution in [2.24, 2.45) is 0 Å². The van der Waals surface area contributed by atoms with Crippen LogP contribution in [0.5, 0.6) is 11.5 Å². The van der Waals surface area contributed by atoms with E-state index in [0.29, 0.717) is 5.75 Å². The van der Waals surface area contributed by atoms with Crippen LogP contribution in [0.4, 0.5) is 0 Å². The summed E-state index contributed by atoms with van der Waals surface area (Å²) in [5.41, 5.74) is 3.59. The van der Waals surface area contributed by atoms with Crippen molar-refractivity contribution in [3.05, 3.63) is 46.4 Å². The van der Waals surface area contributed by atoms with Crippen molar-refractivity contribution in [2.45, 2.75) is 32.4 Å². The number of furan rings is 1. The maximum absolute atomic E-state index is 11.9. The maximum atomic E-state index is 11.9. The van der Waals surface area contributed by atoms with E-state index in [9.17, 15) is 5.11 Å².